The van der Waals surface area contributed by atoms with E-state index in [1.807, 2.05) is 12.2 Å². The van der Waals surface area contributed by atoms with Crippen LogP contribution in [0.4, 0.5) is 18.9 Å². The molecule has 2 aliphatic carbocycles. The van der Waals surface area contributed by atoms with Gasteiger partial charge in [0.05, 0.1) is 23.1 Å². The Balaban J connectivity index is 1.80. The predicted molar refractivity (Wildman–Crippen MR) is 71.7 cm³/mol. The molecule has 3 nitrogen and oxygen atoms in total. The van der Waals surface area contributed by atoms with E-state index in [9.17, 15) is 22.8 Å². The van der Waals surface area contributed by atoms with Crippen LogP contribution in [0, 0.1) is 23.7 Å². The highest BCUT2D eigenvalue weighted by Gasteiger charge is 2.60. The topological polar surface area (TPSA) is 37.4 Å². The third kappa shape index (κ3) is 1.63. The number of carbonyl (C=O) groups excluding carboxylic acids is 2. The van der Waals surface area contributed by atoms with E-state index in [2.05, 4.69) is 0 Å². The zero-order valence-corrected chi connectivity index (χ0v) is 11.4. The second kappa shape index (κ2) is 4.21. The van der Waals surface area contributed by atoms with E-state index in [-0.39, 0.29) is 17.5 Å². The van der Waals surface area contributed by atoms with E-state index in [1.165, 1.54) is 18.2 Å². The highest BCUT2D eigenvalue weighted by atomic mass is 19.4. The number of hydrogen-bond donors (Lipinski definition) is 0. The van der Waals surface area contributed by atoms with Crippen LogP contribution in [-0.4, -0.2) is 11.8 Å². The van der Waals surface area contributed by atoms with Crippen LogP contribution in [0.1, 0.15) is 12.0 Å². The summed E-state index contributed by atoms with van der Waals surface area (Å²) in [7, 11) is 0. The van der Waals surface area contributed by atoms with Gasteiger partial charge in [-0.25, -0.2) is 4.90 Å². The van der Waals surface area contributed by atoms with Gasteiger partial charge in [-0.2, -0.15) is 13.2 Å². The van der Waals surface area contributed by atoms with Crippen molar-refractivity contribution in [1.82, 2.24) is 0 Å². The molecule has 1 saturated heterocycles. The van der Waals surface area contributed by atoms with Gasteiger partial charge in [-0.3, -0.25) is 9.59 Å². The molecule has 22 heavy (non-hydrogen) atoms. The van der Waals surface area contributed by atoms with Crippen LogP contribution in [-0.2, 0) is 15.8 Å². The number of carbonyl (C=O) groups is 2. The average molecular weight is 307 g/mol. The number of allylic oxidation sites excluding steroid dienone is 2. The van der Waals surface area contributed by atoms with Crippen LogP contribution >= 0.6 is 0 Å². The number of para-hydroxylation sites is 1. The van der Waals surface area contributed by atoms with Crippen LogP contribution in [0.5, 0.6) is 0 Å². The molecule has 6 heteroatoms. The molecule has 2 fully saturated rings. The van der Waals surface area contributed by atoms with E-state index >= 15 is 0 Å². The van der Waals surface area contributed by atoms with Gasteiger partial charge >= 0.3 is 6.18 Å². The highest BCUT2D eigenvalue weighted by Crippen LogP contribution is 2.54. The minimum Gasteiger partial charge on any atom is -0.274 e. The summed E-state index contributed by atoms with van der Waals surface area (Å²) in [5.41, 5.74) is -1.30. The summed E-state index contributed by atoms with van der Waals surface area (Å²) < 4.78 is 39.5. The van der Waals surface area contributed by atoms with Gasteiger partial charge in [0.2, 0.25) is 11.8 Å². The largest absolute Gasteiger partial charge is 0.418 e. The first-order valence-corrected chi connectivity index (χ1v) is 7.12. The summed E-state index contributed by atoms with van der Waals surface area (Å²) in [5, 5.41) is 0. The normalized spacial score (nSPS) is 33.0. The van der Waals surface area contributed by atoms with Gasteiger partial charge in [0.15, 0.2) is 0 Å². The molecule has 2 amide bonds. The number of alkyl halides is 3. The van der Waals surface area contributed by atoms with Gasteiger partial charge in [0, 0.05) is 0 Å². The smallest absolute Gasteiger partial charge is 0.274 e. The van der Waals surface area contributed by atoms with Crippen molar-refractivity contribution in [3.63, 3.8) is 0 Å². The fourth-order valence-electron chi connectivity index (χ4n) is 4.05. The van der Waals surface area contributed by atoms with E-state index in [4.69, 9.17) is 0 Å². The lowest BCUT2D eigenvalue weighted by atomic mass is 9.85. The van der Waals surface area contributed by atoms with Crippen molar-refractivity contribution in [3.05, 3.63) is 42.0 Å². The first-order chi connectivity index (χ1) is 10.4. The summed E-state index contributed by atoms with van der Waals surface area (Å²) in [6, 6.07) is 4.75. The SMILES string of the molecule is O=C1[C@@H]2[C@H](C(=O)N1c1ccccc1C(F)(F)F)[C@@H]1C=C[C@H]2C1. The minimum absolute atomic E-state index is 0.0190. The maximum Gasteiger partial charge on any atom is 0.418 e. The molecule has 0 unspecified atom stereocenters. The summed E-state index contributed by atoms with van der Waals surface area (Å²) in [4.78, 5) is 25.9. The van der Waals surface area contributed by atoms with Gasteiger partial charge in [-0.15, -0.1) is 0 Å². The molecule has 3 aliphatic rings. The molecule has 1 aromatic carbocycles. The lowest BCUT2D eigenvalue weighted by molar-refractivity contribution is -0.137. The van der Waals surface area contributed by atoms with Crippen molar-refractivity contribution < 1.29 is 22.8 Å². The number of fused-ring (bicyclic) bond motifs is 5. The van der Waals surface area contributed by atoms with Gasteiger partial charge in [-0.05, 0) is 30.4 Å². The second-order valence-electron chi connectivity index (χ2n) is 6.03. The number of benzene rings is 1. The van der Waals surface area contributed by atoms with Gasteiger partial charge < -0.3 is 0 Å². The molecule has 1 heterocycles. The Morgan fingerprint density at radius 2 is 1.50 bits per heavy atom. The molecular weight excluding hydrogens is 295 g/mol. The Bertz CT molecular complexity index is 680. The fraction of sp³-hybridized carbons (Fsp3) is 0.375. The molecule has 2 bridgehead atoms. The maximum absolute atomic E-state index is 13.2. The fourth-order valence-corrected chi connectivity index (χ4v) is 4.05. The molecule has 0 spiro atoms. The van der Waals surface area contributed by atoms with Crippen LogP contribution < -0.4 is 4.90 Å². The Kier molecular flexibility index (Phi) is 2.59. The van der Waals surface area contributed by atoms with Crippen molar-refractivity contribution in [3.8, 4) is 0 Å². The summed E-state index contributed by atoms with van der Waals surface area (Å²) in [5.74, 6) is -2.02. The molecule has 1 aromatic rings. The molecule has 4 atom stereocenters. The molecule has 0 aromatic heterocycles. The molecular formula is C16H12F3NO2. The monoisotopic (exact) mass is 307 g/mol. The number of halogens is 3. The van der Waals surface area contributed by atoms with Crippen LogP contribution in [0.15, 0.2) is 36.4 Å². The van der Waals surface area contributed by atoms with Gasteiger partial charge in [0.25, 0.3) is 0 Å². The molecule has 1 aliphatic heterocycles. The van der Waals surface area contributed by atoms with Crippen LogP contribution in [0.3, 0.4) is 0 Å². The van der Waals surface area contributed by atoms with Gasteiger partial charge in [-0.1, -0.05) is 24.3 Å². The second-order valence-corrected chi connectivity index (χ2v) is 6.03. The number of hydrogen-bond acceptors (Lipinski definition) is 2. The highest BCUT2D eigenvalue weighted by molar-refractivity contribution is 6.23. The van der Waals surface area contributed by atoms with E-state index < -0.39 is 35.4 Å². The third-order valence-corrected chi connectivity index (χ3v) is 4.92. The number of imide groups is 1. The Labute approximate surface area is 124 Å². The zero-order valence-electron chi connectivity index (χ0n) is 11.4. The number of nitrogens with zero attached hydrogens (tertiary/aromatic N) is 1. The first kappa shape index (κ1) is 13.5. The van der Waals surface area contributed by atoms with Crippen molar-refractivity contribution in [2.24, 2.45) is 23.7 Å². The Morgan fingerprint density at radius 1 is 0.955 bits per heavy atom. The lowest BCUT2D eigenvalue weighted by Crippen LogP contribution is -2.34. The summed E-state index contributed by atoms with van der Waals surface area (Å²) in [6.07, 6.45) is -0.0278. The Morgan fingerprint density at radius 3 is 2.05 bits per heavy atom. The minimum atomic E-state index is -4.61. The summed E-state index contributed by atoms with van der Waals surface area (Å²) >= 11 is 0. The zero-order chi connectivity index (χ0) is 15.6. The van der Waals surface area contributed by atoms with Crippen molar-refractivity contribution in [2.45, 2.75) is 12.6 Å². The third-order valence-electron chi connectivity index (χ3n) is 4.92. The van der Waals surface area contributed by atoms with Crippen LogP contribution in [0.2, 0.25) is 0 Å². The predicted octanol–water partition coefficient (Wildman–Crippen LogP) is 3.02. The first-order valence-electron chi connectivity index (χ1n) is 7.12. The van der Waals surface area contributed by atoms with E-state index in [0.717, 1.165) is 17.4 Å². The average Bonchev–Trinajstić information content (AvgIpc) is 3.12. The molecule has 4 rings (SSSR count). The number of anilines is 1. The van der Waals surface area contributed by atoms with E-state index in [0.29, 0.717) is 0 Å². The molecule has 0 radical (unpaired) electrons. The van der Waals surface area contributed by atoms with Crippen molar-refractivity contribution in [2.75, 3.05) is 4.90 Å². The molecule has 114 valence electrons. The van der Waals surface area contributed by atoms with Crippen molar-refractivity contribution >= 4 is 17.5 Å². The quantitative estimate of drug-likeness (QED) is 0.591. The number of amides is 2. The number of rotatable bonds is 1. The van der Waals surface area contributed by atoms with Crippen molar-refractivity contribution in [1.29, 1.82) is 0 Å². The molecule has 0 N–H and O–H groups in total. The Hall–Kier alpha value is -2.11. The summed E-state index contributed by atoms with van der Waals surface area (Å²) in [6.45, 7) is 0. The van der Waals surface area contributed by atoms with E-state index in [1.54, 1.807) is 0 Å². The maximum atomic E-state index is 13.2. The lowest BCUT2D eigenvalue weighted by Gasteiger charge is -2.21. The standard InChI is InChI=1S/C16H12F3NO2/c17-16(18,19)10-3-1-2-4-11(10)20-14(21)12-8-5-6-9(7-8)13(12)15(20)22/h1-6,8-9,12-13H,7H2/t8-,9+,12-,13+. The van der Waals surface area contributed by atoms with Gasteiger partial charge in [0.1, 0.15) is 0 Å². The molecule has 1 saturated carbocycles. The van der Waals surface area contributed by atoms with Crippen LogP contribution in [0.25, 0.3) is 0 Å².